The van der Waals surface area contributed by atoms with Crippen LogP contribution in [0.5, 0.6) is 0 Å². The third kappa shape index (κ3) is 5.11. The van der Waals surface area contributed by atoms with E-state index >= 15 is 0 Å². The lowest BCUT2D eigenvalue weighted by atomic mass is 9.95. The number of halogens is 1. The Bertz CT molecular complexity index is 1260. The number of hydrogen-bond acceptors (Lipinski definition) is 4. The second kappa shape index (κ2) is 8.78. The van der Waals surface area contributed by atoms with E-state index in [0.717, 1.165) is 5.56 Å². The summed E-state index contributed by atoms with van der Waals surface area (Å²) in [4.78, 5) is 29.9. The van der Waals surface area contributed by atoms with Crippen molar-refractivity contribution in [2.75, 3.05) is 5.32 Å². The van der Waals surface area contributed by atoms with Gasteiger partial charge in [-0.2, -0.15) is 0 Å². The van der Waals surface area contributed by atoms with E-state index in [0.29, 0.717) is 22.6 Å². The fourth-order valence-corrected chi connectivity index (χ4v) is 3.14. The smallest absolute Gasteiger partial charge is 0.254 e. The number of carbonyl (C=O) groups excluding carboxylic acids is 1. The molecule has 1 aromatic heterocycles. The summed E-state index contributed by atoms with van der Waals surface area (Å²) in [5.41, 5.74) is 1.45. The van der Waals surface area contributed by atoms with E-state index in [1.165, 1.54) is 28.8 Å². The van der Waals surface area contributed by atoms with Gasteiger partial charge in [0.05, 0.1) is 17.9 Å². The minimum Gasteiger partial charge on any atom is -0.508 e. The van der Waals surface area contributed by atoms with Crippen LogP contribution in [0.3, 0.4) is 0 Å². The van der Waals surface area contributed by atoms with Crippen LogP contribution in [0.25, 0.3) is 17.0 Å². The number of nitrogens with zero attached hydrogens (tertiary/aromatic N) is 2. The highest BCUT2D eigenvalue weighted by molar-refractivity contribution is 5.97. The first-order chi connectivity index (χ1) is 15.0. The molecule has 2 aromatic carbocycles. The Kier molecular flexibility index (Phi) is 6.30. The molecule has 0 atom stereocenters. The maximum absolute atomic E-state index is 13.9. The van der Waals surface area contributed by atoms with Gasteiger partial charge < -0.3 is 10.4 Å². The lowest BCUT2D eigenvalue weighted by molar-refractivity contribution is -0.123. The second-order valence-electron chi connectivity index (χ2n) is 8.65. The van der Waals surface area contributed by atoms with Crippen molar-refractivity contribution < 1.29 is 14.3 Å². The number of anilines is 1. The van der Waals surface area contributed by atoms with Crippen LogP contribution in [0.1, 0.15) is 37.7 Å². The molecule has 0 radical (unpaired) electrons. The van der Waals surface area contributed by atoms with Crippen LogP contribution in [0.15, 0.2) is 59.9 Å². The number of aryl methyl sites for hydroxylation is 1. The molecule has 0 aliphatic carbocycles. The first-order valence-electron chi connectivity index (χ1n) is 10.1. The van der Waals surface area contributed by atoms with Crippen LogP contribution in [0, 0.1) is 18.2 Å². The van der Waals surface area contributed by atoms with Gasteiger partial charge in [-0.25, -0.2) is 9.37 Å². The van der Waals surface area contributed by atoms with Crippen molar-refractivity contribution in [1.29, 1.82) is 0 Å². The van der Waals surface area contributed by atoms with E-state index in [1.54, 1.807) is 45.9 Å². The molecule has 0 saturated carbocycles. The number of aromatic nitrogens is 2. The Morgan fingerprint density at radius 3 is 2.53 bits per heavy atom. The second-order valence-corrected chi connectivity index (χ2v) is 8.65. The van der Waals surface area contributed by atoms with Crippen molar-refractivity contribution in [1.82, 2.24) is 9.55 Å². The molecule has 0 unspecified atom stereocenters. The highest BCUT2D eigenvalue weighted by Gasteiger charge is 2.23. The highest BCUT2D eigenvalue weighted by atomic mass is 19.1. The minimum absolute atomic E-state index is 0.0504. The SMILES string of the molecule is C=C(O)c1cccc(Cn2c(C)nc(-c3ccc(F)cc3NC(=O)C(C)(C)C)cc2=O)c1. The van der Waals surface area contributed by atoms with Gasteiger partial charge in [0.25, 0.3) is 5.56 Å². The lowest BCUT2D eigenvalue weighted by Gasteiger charge is -2.19. The zero-order valence-corrected chi connectivity index (χ0v) is 18.6. The van der Waals surface area contributed by atoms with Crippen molar-refractivity contribution in [2.45, 2.75) is 34.2 Å². The summed E-state index contributed by atoms with van der Waals surface area (Å²) >= 11 is 0. The number of rotatable bonds is 5. The molecular formula is C25H26FN3O3. The predicted octanol–water partition coefficient (Wildman–Crippen LogP) is 4.92. The van der Waals surface area contributed by atoms with Gasteiger partial charge in [0.2, 0.25) is 5.91 Å². The normalized spacial score (nSPS) is 11.3. The van der Waals surface area contributed by atoms with Crippen molar-refractivity contribution in [3.8, 4) is 11.3 Å². The van der Waals surface area contributed by atoms with E-state index in [4.69, 9.17) is 0 Å². The summed E-state index contributed by atoms with van der Waals surface area (Å²) < 4.78 is 15.4. The van der Waals surface area contributed by atoms with E-state index in [2.05, 4.69) is 16.9 Å². The van der Waals surface area contributed by atoms with E-state index in [1.807, 2.05) is 6.07 Å². The molecule has 0 saturated heterocycles. The van der Waals surface area contributed by atoms with Gasteiger partial charge >= 0.3 is 0 Å². The molecule has 7 heteroatoms. The Balaban J connectivity index is 2.00. The number of aliphatic hydroxyl groups is 1. The predicted molar refractivity (Wildman–Crippen MR) is 124 cm³/mol. The molecular weight excluding hydrogens is 409 g/mol. The molecule has 32 heavy (non-hydrogen) atoms. The summed E-state index contributed by atoms with van der Waals surface area (Å²) in [6, 6.07) is 12.4. The molecule has 166 valence electrons. The number of carbonyl (C=O) groups is 1. The van der Waals surface area contributed by atoms with Crippen LogP contribution >= 0.6 is 0 Å². The average molecular weight is 435 g/mol. The van der Waals surface area contributed by atoms with Crippen LogP contribution in [0.2, 0.25) is 0 Å². The Morgan fingerprint density at radius 1 is 1.19 bits per heavy atom. The van der Waals surface area contributed by atoms with Crippen molar-refractivity contribution in [3.05, 3.63) is 88.2 Å². The summed E-state index contributed by atoms with van der Waals surface area (Å²) in [5.74, 6) is -0.378. The standard InChI is InChI=1S/C25H26FN3O3/c1-15(30)18-8-6-7-17(11-18)14-29-16(2)27-22(13-23(29)31)20-10-9-19(26)12-21(20)28-24(32)25(3,4)5/h6-13,30H,1,14H2,2-5H3,(H,28,32). The largest absolute Gasteiger partial charge is 0.508 e. The van der Waals surface area contributed by atoms with E-state index < -0.39 is 11.2 Å². The number of aliphatic hydroxyl groups excluding tert-OH is 1. The van der Waals surface area contributed by atoms with Gasteiger partial charge in [-0.1, -0.05) is 45.5 Å². The molecule has 0 bridgehead atoms. The number of hydrogen-bond donors (Lipinski definition) is 2. The van der Waals surface area contributed by atoms with E-state index in [-0.39, 0.29) is 29.5 Å². The zero-order valence-electron chi connectivity index (χ0n) is 18.6. The summed E-state index contributed by atoms with van der Waals surface area (Å²) in [6.07, 6.45) is 0. The summed E-state index contributed by atoms with van der Waals surface area (Å²) in [5, 5.41) is 12.4. The monoisotopic (exact) mass is 435 g/mol. The molecule has 0 aliphatic rings. The Morgan fingerprint density at radius 2 is 1.91 bits per heavy atom. The Hall–Kier alpha value is -3.74. The van der Waals surface area contributed by atoms with Gasteiger partial charge in [0.15, 0.2) is 0 Å². The zero-order chi connectivity index (χ0) is 23.6. The van der Waals surface area contributed by atoms with Crippen LogP contribution < -0.4 is 10.9 Å². The van der Waals surface area contributed by atoms with Crippen LogP contribution in [-0.4, -0.2) is 20.6 Å². The van der Waals surface area contributed by atoms with Crippen LogP contribution in [0.4, 0.5) is 10.1 Å². The molecule has 3 aromatic rings. The Labute approximate surface area is 186 Å². The quantitative estimate of drug-likeness (QED) is 0.557. The number of benzene rings is 2. The minimum atomic E-state index is -0.676. The van der Waals surface area contributed by atoms with Crippen molar-refractivity contribution in [2.24, 2.45) is 5.41 Å². The maximum Gasteiger partial charge on any atom is 0.254 e. The first kappa shape index (κ1) is 22.9. The number of amides is 1. The molecule has 0 aliphatic heterocycles. The molecule has 2 N–H and O–H groups in total. The van der Waals surface area contributed by atoms with Crippen molar-refractivity contribution in [3.63, 3.8) is 0 Å². The molecule has 6 nitrogen and oxygen atoms in total. The van der Waals surface area contributed by atoms with Gasteiger partial charge in [-0.3, -0.25) is 14.2 Å². The van der Waals surface area contributed by atoms with Gasteiger partial charge in [-0.15, -0.1) is 0 Å². The third-order valence-corrected chi connectivity index (χ3v) is 4.99. The fourth-order valence-electron chi connectivity index (χ4n) is 3.14. The summed E-state index contributed by atoms with van der Waals surface area (Å²) in [6.45, 7) is 10.8. The van der Waals surface area contributed by atoms with Crippen LogP contribution in [-0.2, 0) is 11.3 Å². The summed E-state index contributed by atoms with van der Waals surface area (Å²) in [7, 11) is 0. The molecule has 0 fully saturated rings. The molecule has 3 rings (SSSR count). The molecule has 1 amide bonds. The van der Waals surface area contributed by atoms with Gasteiger partial charge in [-0.05, 0) is 36.8 Å². The van der Waals surface area contributed by atoms with Crippen molar-refractivity contribution >= 4 is 17.4 Å². The topological polar surface area (TPSA) is 84.2 Å². The molecule has 1 heterocycles. The average Bonchev–Trinajstić information content (AvgIpc) is 2.70. The third-order valence-electron chi connectivity index (χ3n) is 4.99. The number of nitrogens with one attached hydrogen (secondary N) is 1. The highest BCUT2D eigenvalue weighted by Crippen LogP contribution is 2.29. The van der Waals surface area contributed by atoms with Gasteiger partial charge in [0.1, 0.15) is 17.4 Å². The lowest BCUT2D eigenvalue weighted by Crippen LogP contribution is -2.28. The van der Waals surface area contributed by atoms with Gasteiger partial charge in [0, 0.05) is 22.6 Å². The van der Waals surface area contributed by atoms with E-state index in [9.17, 15) is 19.1 Å². The fraction of sp³-hybridized carbons (Fsp3) is 0.240. The molecule has 0 spiro atoms. The first-order valence-corrected chi connectivity index (χ1v) is 10.1. The maximum atomic E-state index is 13.9.